The van der Waals surface area contributed by atoms with Crippen molar-refractivity contribution in [1.82, 2.24) is 0 Å². The van der Waals surface area contributed by atoms with Crippen molar-refractivity contribution < 1.29 is 38.1 Å². The zero-order valence-electron chi connectivity index (χ0n) is 22.6. The van der Waals surface area contributed by atoms with E-state index < -0.39 is 48.7 Å². The van der Waals surface area contributed by atoms with E-state index in [0.29, 0.717) is 22.4 Å². The number of nitrogens with one attached hydrogen (secondary N) is 1. The number of aliphatic hydroxyl groups excluding tert-OH is 1. The summed E-state index contributed by atoms with van der Waals surface area (Å²) in [4.78, 5) is 37.0. The maximum atomic E-state index is 12.7. The van der Waals surface area contributed by atoms with E-state index in [4.69, 9.17) is 23.4 Å². The van der Waals surface area contributed by atoms with Gasteiger partial charge in [-0.25, -0.2) is 14.4 Å². The Morgan fingerprint density at radius 1 is 0.902 bits per heavy atom. The molecule has 1 aromatic heterocycles. The van der Waals surface area contributed by atoms with Crippen LogP contribution in [0.1, 0.15) is 27.6 Å². The number of carbonyl (C=O) groups excluding carboxylic acids is 2. The van der Waals surface area contributed by atoms with Crippen LogP contribution < -0.4 is 10.9 Å². The third-order valence-electron chi connectivity index (χ3n) is 6.25. The summed E-state index contributed by atoms with van der Waals surface area (Å²) < 4.78 is 28.0. The minimum atomic E-state index is -1.08. The van der Waals surface area contributed by atoms with Gasteiger partial charge in [-0.1, -0.05) is 36.4 Å². The lowest BCUT2D eigenvalue weighted by molar-refractivity contribution is -0.196. The van der Waals surface area contributed by atoms with Gasteiger partial charge in [0, 0.05) is 30.3 Å². The highest BCUT2D eigenvalue weighted by Crippen LogP contribution is 2.21. The van der Waals surface area contributed by atoms with Gasteiger partial charge < -0.3 is 33.8 Å². The van der Waals surface area contributed by atoms with Crippen LogP contribution in [0.5, 0.6) is 0 Å². The molecule has 0 saturated heterocycles. The molecule has 2 N–H and O–H groups in total. The molecular weight excluding hydrogens is 530 g/mol. The van der Waals surface area contributed by atoms with Gasteiger partial charge in [0.15, 0.2) is 6.29 Å². The predicted octanol–water partition coefficient (Wildman–Crippen LogP) is 4.03. The lowest BCUT2D eigenvalue weighted by Gasteiger charge is -2.32. The summed E-state index contributed by atoms with van der Waals surface area (Å²) in [5, 5.41) is 14.0. The highest BCUT2D eigenvalue weighted by atomic mass is 16.7. The Morgan fingerprint density at radius 3 is 2.17 bits per heavy atom. The molecule has 4 rings (SSSR count). The molecule has 1 heterocycles. The lowest BCUT2D eigenvalue weighted by atomic mass is 10.2. The zero-order chi connectivity index (χ0) is 29.2. The van der Waals surface area contributed by atoms with E-state index in [0.717, 1.165) is 5.39 Å². The van der Waals surface area contributed by atoms with Crippen molar-refractivity contribution in [2.75, 3.05) is 25.6 Å². The van der Waals surface area contributed by atoms with E-state index in [2.05, 4.69) is 5.32 Å². The summed E-state index contributed by atoms with van der Waals surface area (Å²) in [7, 11) is 1.40. The van der Waals surface area contributed by atoms with Crippen molar-refractivity contribution in [3.8, 4) is 0 Å². The van der Waals surface area contributed by atoms with Gasteiger partial charge >= 0.3 is 17.6 Å². The molecular formula is C31H31NO9. The van der Waals surface area contributed by atoms with E-state index in [1.54, 1.807) is 91.9 Å². The van der Waals surface area contributed by atoms with Crippen LogP contribution in [0.15, 0.2) is 100 Å². The van der Waals surface area contributed by atoms with E-state index in [1.165, 1.54) is 13.2 Å². The molecule has 10 heteroatoms. The highest BCUT2D eigenvalue weighted by Gasteiger charge is 2.31. The minimum Gasteiger partial charge on any atom is -0.460 e. The van der Waals surface area contributed by atoms with E-state index in [9.17, 15) is 19.5 Å². The fraction of sp³-hybridized carbons (Fsp3) is 0.258. The lowest BCUT2D eigenvalue weighted by Crippen LogP contribution is -2.46. The first kappa shape index (κ1) is 29.5. The molecule has 4 atom stereocenters. The largest absolute Gasteiger partial charge is 0.460 e. The van der Waals surface area contributed by atoms with Crippen molar-refractivity contribution in [3.05, 3.63) is 113 Å². The Hall–Kier alpha value is -4.51. The van der Waals surface area contributed by atoms with Gasteiger partial charge in [0.05, 0.1) is 17.7 Å². The number of anilines is 1. The molecule has 0 fully saturated rings. The number of hydrogen-bond donors (Lipinski definition) is 2. The van der Waals surface area contributed by atoms with Crippen LogP contribution >= 0.6 is 0 Å². The van der Waals surface area contributed by atoms with Crippen LogP contribution in [-0.4, -0.2) is 61.9 Å². The summed E-state index contributed by atoms with van der Waals surface area (Å²) >= 11 is 0. The first-order valence-corrected chi connectivity index (χ1v) is 13.0. The molecule has 41 heavy (non-hydrogen) atoms. The number of methoxy groups -OCH3 is 1. The maximum absolute atomic E-state index is 12.7. The first-order chi connectivity index (χ1) is 19.9. The van der Waals surface area contributed by atoms with Gasteiger partial charge in [-0.15, -0.1) is 0 Å². The Balaban J connectivity index is 1.53. The quantitative estimate of drug-likeness (QED) is 0.140. The Kier molecular flexibility index (Phi) is 10.2. The second kappa shape index (κ2) is 14.2. The van der Waals surface area contributed by atoms with Gasteiger partial charge in [0.1, 0.15) is 30.4 Å². The van der Waals surface area contributed by atoms with Gasteiger partial charge in [0.2, 0.25) is 0 Å². The number of rotatable bonds is 13. The standard InChI is InChI=1S/C31H31NO9/c1-20(39-30(36)23-11-7-4-8-12-23)27(18-33)41-31(37-2)25(19-38-29(35)22-9-5-3-6-10-22)32-24-15-13-21-14-16-28(34)40-26(21)17-24/h3-17,20,25,27,31-33H,18-19H2,1-2H3/t20-,25-,27?,31-/m0/s1. The Labute approximate surface area is 236 Å². The fourth-order valence-electron chi connectivity index (χ4n) is 4.05. The average Bonchev–Trinajstić information content (AvgIpc) is 3.00. The van der Waals surface area contributed by atoms with Crippen LogP contribution in [-0.2, 0) is 18.9 Å². The molecule has 0 saturated carbocycles. The molecule has 4 aromatic rings. The average molecular weight is 562 g/mol. The normalized spacial score (nSPS) is 14.0. The second-order valence-electron chi connectivity index (χ2n) is 9.16. The van der Waals surface area contributed by atoms with Crippen molar-refractivity contribution >= 4 is 28.6 Å². The molecule has 0 aliphatic heterocycles. The number of carbonyl (C=O) groups is 2. The molecule has 0 aliphatic carbocycles. The molecule has 3 aromatic carbocycles. The molecule has 0 spiro atoms. The van der Waals surface area contributed by atoms with Gasteiger partial charge in [0.25, 0.3) is 0 Å². The summed E-state index contributed by atoms with van der Waals surface area (Å²) in [6.45, 7) is 0.914. The van der Waals surface area contributed by atoms with Crippen LogP contribution in [0.25, 0.3) is 11.0 Å². The summed E-state index contributed by atoms with van der Waals surface area (Å²) in [5.41, 5.74) is 1.11. The third-order valence-corrected chi connectivity index (χ3v) is 6.25. The van der Waals surface area contributed by atoms with Gasteiger partial charge in [-0.2, -0.15) is 0 Å². The smallest absolute Gasteiger partial charge is 0.338 e. The minimum absolute atomic E-state index is 0.195. The SMILES string of the molecule is CO[C@@H](OC(CO)[C@H](C)OC(=O)c1ccccc1)[C@H](COC(=O)c1ccccc1)Nc1ccc2ccc(=O)oc2c1. The number of esters is 2. The molecule has 0 radical (unpaired) electrons. The summed E-state index contributed by atoms with van der Waals surface area (Å²) in [6, 6.07) is 24.3. The highest BCUT2D eigenvalue weighted by molar-refractivity contribution is 5.89. The van der Waals surface area contributed by atoms with Crippen LogP contribution in [0.3, 0.4) is 0 Å². The van der Waals surface area contributed by atoms with E-state index in [-0.39, 0.29) is 6.61 Å². The predicted molar refractivity (Wildman–Crippen MR) is 151 cm³/mol. The monoisotopic (exact) mass is 561 g/mol. The van der Waals surface area contributed by atoms with Crippen LogP contribution in [0, 0.1) is 0 Å². The maximum Gasteiger partial charge on any atom is 0.338 e. The van der Waals surface area contributed by atoms with Crippen molar-refractivity contribution in [1.29, 1.82) is 0 Å². The second-order valence-corrected chi connectivity index (χ2v) is 9.16. The van der Waals surface area contributed by atoms with Crippen LogP contribution in [0.2, 0.25) is 0 Å². The molecule has 0 aliphatic rings. The van der Waals surface area contributed by atoms with Crippen molar-refractivity contribution in [2.45, 2.75) is 31.5 Å². The van der Waals surface area contributed by atoms with Crippen molar-refractivity contribution in [2.24, 2.45) is 0 Å². The fourth-order valence-corrected chi connectivity index (χ4v) is 4.05. The van der Waals surface area contributed by atoms with Gasteiger partial charge in [-0.05, 0) is 49.4 Å². The Morgan fingerprint density at radius 2 is 1.54 bits per heavy atom. The van der Waals surface area contributed by atoms with E-state index in [1.807, 2.05) is 0 Å². The topological polar surface area (TPSA) is 134 Å². The van der Waals surface area contributed by atoms with Crippen LogP contribution in [0.4, 0.5) is 5.69 Å². The molecule has 10 nitrogen and oxygen atoms in total. The van der Waals surface area contributed by atoms with E-state index >= 15 is 0 Å². The molecule has 0 bridgehead atoms. The van der Waals surface area contributed by atoms with Crippen molar-refractivity contribution in [3.63, 3.8) is 0 Å². The molecule has 0 amide bonds. The number of aliphatic hydroxyl groups is 1. The number of ether oxygens (including phenoxy) is 4. The number of hydrogen-bond acceptors (Lipinski definition) is 10. The first-order valence-electron chi connectivity index (χ1n) is 13.0. The number of fused-ring (bicyclic) bond motifs is 1. The zero-order valence-corrected chi connectivity index (χ0v) is 22.6. The number of benzene rings is 3. The molecule has 214 valence electrons. The molecule has 1 unspecified atom stereocenters. The summed E-state index contributed by atoms with van der Waals surface area (Å²) in [5.74, 6) is -1.13. The van der Waals surface area contributed by atoms with Gasteiger partial charge in [-0.3, -0.25) is 0 Å². The third kappa shape index (κ3) is 8.01. The Bertz CT molecular complexity index is 1490. The summed E-state index contributed by atoms with van der Waals surface area (Å²) in [6.07, 6.45) is -2.91.